The predicted molar refractivity (Wildman–Crippen MR) is 80.8 cm³/mol. The Morgan fingerprint density at radius 3 is 2.55 bits per heavy atom. The zero-order valence-corrected chi connectivity index (χ0v) is 13.2. The van der Waals surface area contributed by atoms with Gasteiger partial charge in [0, 0.05) is 12.1 Å². The van der Waals surface area contributed by atoms with Crippen molar-refractivity contribution < 1.29 is 19.2 Å². The third-order valence-electron chi connectivity index (χ3n) is 3.36. The van der Waals surface area contributed by atoms with E-state index in [1.807, 2.05) is 6.92 Å². The molecule has 0 saturated heterocycles. The molecule has 7 nitrogen and oxygen atoms in total. The monoisotopic (exact) mass is 328 g/mol. The molecule has 0 bridgehead atoms. The zero-order valence-electron chi connectivity index (χ0n) is 12.5. The van der Waals surface area contributed by atoms with Gasteiger partial charge in [0.05, 0.1) is 22.6 Å². The zero-order chi connectivity index (χ0) is 16.9. The van der Waals surface area contributed by atoms with Crippen molar-refractivity contribution in [1.29, 1.82) is 0 Å². The van der Waals surface area contributed by atoms with Gasteiger partial charge in [0.2, 0.25) is 0 Å². The van der Waals surface area contributed by atoms with Crippen molar-refractivity contribution in [3.63, 3.8) is 0 Å². The molecule has 0 fully saturated rings. The Kier molecular flexibility index (Phi) is 6.30. The number of methoxy groups -OCH3 is 1. The van der Waals surface area contributed by atoms with E-state index in [0.29, 0.717) is 6.42 Å². The minimum atomic E-state index is -0.811. The molecule has 0 aliphatic rings. The number of ether oxygens (including phenoxy) is 1. The van der Waals surface area contributed by atoms with Crippen molar-refractivity contribution in [1.82, 2.24) is 5.32 Å². The van der Waals surface area contributed by atoms with Crippen molar-refractivity contribution in [2.45, 2.75) is 26.3 Å². The van der Waals surface area contributed by atoms with E-state index < -0.39 is 22.8 Å². The summed E-state index contributed by atoms with van der Waals surface area (Å²) in [5.41, 5.74) is -0.155. The topological polar surface area (TPSA) is 98.5 Å². The van der Waals surface area contributed by atoms with Crippen molar-refractivity contribution >= 4 is 29.2 Å². The first-order chi connectivity index (χ1) is 10.3. The fraction of sp³-hybridized carbons (Fsp3) is 0.429. The van der Waals surface area contributed by atoms with Crippen molar-refractivity contribution in [2.24, 2.45) is 5.92 Å². The Morgan fingerprint density at radius 1 is 1.45 bits per heavy atom. The lowest BCUT2D eigenvalue weighted by atomic mass is 9.99. The fourth-order valence-electron chi connectivity index (χ4n) is 1.82. The van der Waals surface area contributed by atoms with Gasteiger partial charge in [0.15, 0.2) is 0 Å². The number of nitro groups is 1. The van der Waals surface area contributed by atoms with Gasteiger partial charge in [-0.2, -0.15) is 0 Å². The van der Waals surface area contributed by atoms with Gasteiger partial charge in [0.25, 0.3) is 11.6 Å². The molecule has 8 heteroatoms. The second-order valence-electron chi connectivity index (χ2n) is 4.78. The molecule has 0 heterocycles. The molecule has 1 aromatic rings. The predicted octanol–water partition coefficient (Wildman–Crippen LogP) is 2.57. The highest BCUT2D eigenvalue weighted by Crippen LogP contribution is 2.23. The van der Waals surface area contributed by atoms with Gasteiger partial charge in [-0.15, -0.1) is 0 Å². The molecule has 0 aliphatic heterocycles. The summed E-state index contributed by atoms with van der Waals surface area (Å²) < 4.78 is 4.68. The SMILES string of the molecule is CC[C@H](C)[C@H](NC(=O)c1ccc([N+](=O)[O-])cc1Cl)C(=O)OC. The Hall–Kier alpha value is -2.15. The van der Waals surface area contributed by atoms with Gasteiger partial charge in [0.1, 0.15) is 6.04 Å². The van der Waals surface area contributed by atoms with Crippen LogP contribution in [0.25, 0.3) is 0 Å². The number of carbonyl (C=O) groups is 2. The maximum Gasteiger partial charge on any atom is 0.328 e. The van der Waals surface area contributed by atoms with Gasteiger partial charge in [-0.3, -0.25) is 14.9 Å². The van der Waals surface area contributed by atoms with E-state index in [-0.39, 0.29) is 22.2 Å². The van der Waals surface area contributed by atoms with Crippen molar-refractivity contribution in [3.05, 3.63) is 38.9 Å². The minimum Gasteiger partial charge on any atom is -0.467 e. The number of esters is 1. The number of benzene rings is 1. The Morgan fingerprint density at radius 2 is 2.09 bits per heavy atom. The van der Waals surface area contributed by atoms with Crippen LogP contribution in [-0.4, -0.2) is 30.0 Å². The Labute approximate surface area is 132 Å². The molecule has 120 valence electrons. The van der Waals surface area contributed by atoms with Crippen LogP contribution in [0.1, 0.15) is 30.6 Å². The van der Waals surface area contributed by atoms with Gasteiger partial charge in [-0.05, 0) is 12.0 Å². The number of nitrogens with zero attached hydrogens (tertiary/aromatic N) is 1. The van der Waals surface area contributed by atoms with Crippen LogP contribution in [0, 0.1) is 16.0 Å². The summed E-state index contributed by atoms with van der Waals surface area (Å²) in [6, 6.07) is 2.71. The molecule has 1 rings (SSSR count). The first kappa shape index (κ1) is 17.9. The number of rotatable bonds is 6. The number of carbonyl (C=O) groups excluding carboxylic acids is 2. The lowest BCUT2D eigenvalue weighted by Gasteiger charge is -2.22. The smallest absolute Gasteiger partial charge is 0.328 e. The summed E-state index contributed by atoms with van der Waals surface area (Å²) >= 11 is 5.90. The van der Waals surface area contributed by atoms with E-state index in [1.54, 1.807) is 6.92 Å². The molecular formula is C14H17ClN2O5. The average molecular weight is 329 g/mol. The van der Waals surface area contributed by atoms with Crippen LogP contribution < -0.4 is 5.32 Å². The standard InChI is InChI=1S/C14H17ClN2O5/c1-4-8(2)12(14(19)22-3)16-13(18)10-6-5-9(17(20)21)7-11(10)15/h5-8,12H,4H2,1-3H3,(H,16,18)/t8-,12-/m0/s1. The van der Waals surface area contributed by atoms with Crippen LogP contribution in [0.5, 0.6) is 0 Å². The molecule has 0 aromatic heterocycles. The van der Waals surface area contributed by atoms with E-state index in [9.17, 15) is 19.7 Å². The first-order valence-electron chi connectivity index (χ1n) is 6.64. The van der Waals surface area contributed by atoms with Crippen LogP contribution in [0.15, 0.2) is 18.2 Å². The molecule has 0 spiro atoms. The second-order valence-corrected chi connectivity index (χ2v) is 5.19. The summed E-state index contributed by atoms with van der Waals surface area (Å²) in [7, 11) is 1.24. The number of non-ortho nitro benzene ring substituents is 1. The van der Waals surface area contributed by atoms with E-state index in [4.69, 9.17) is 11.6 Å². The second kappa shape index (κ2) is 7.74. The molecule has 0 saturated carbocycles. The molecule has 2 atom stereocenters. The molecule has 1 N–H and O–H groups in total. The highest BCUT2D eigenvalue weighted by molar-refractivity contribution is 6.34. The van der Waals surface area contributed by atoms with Crippen LogP contribution in [0.2, 0.25) is 5.02 Å². The van der Waals surface area contributed by atoms with Crippen LogP contribution in [0.3, 0.4) is 0 Å². The van der Waals surface area contributed by atoms with Crippen LogP contribution in [-0.2, 0) is 9.53 Å². The summed E-state index contributed by atoms with van der Waals surface area (Å²) in [6.07, 6.45) is 0.661. The van der Waals surface area contributed by atoms with E-state index in [2.05, 4.69) is 10.1 Å². The number of nitro benzene ring substituents is 1. The summed E-state index contributed by atoms with van der Waals surface area (Å²) in [6.45, 7) is 3.69. The summed E-state index contributed by atoms with van der Waals surface area (Å²) in [5, 5.41) is 13.2. The van der Waals surface area contributed by atoms with E-state index >= 15 is 0 Å². The Bertz CT molecular complexity index is 591. The summed E-state index contributed by atoms with van der Waals surface area (Å²) in [5.74, 6) is -1.27. The number of halogens is 1. The number of hydrogen-bond acceptors (Lipinski definition) is 5. The molecule has 0 unspecified atom stereocenters. The first-order valence-corrected chi connectivity index (χ1v) is 7.02. The van der Waals surface area contributed by atoms with Crippen LogP contribution >= 0.6 is 11.6 Å². The normalized spacial score (nSPS) is 13.1. The average Bonchev–Trinajstić information content (AvgIpc) is 2.50. The van der Waals surface area contributed by atoms with Gasteiger partial charge in [-0.25, -0.2) is 4.79 Å². The number of amides is 1. The highest BCUT2D eigenvalue weighted by atomic mass is 35.5. The molecule has 0 aliphatic carbocycles. The molecule has 22 heavy (non-hydrogen) atoms. The maximum atomic E-state index is 12.2. The largest absolute Gasteiger partial charge is 0.467 e. The lowest BCUT2D eigenvalue weighted by Crippen LogP contribution is -2.45. The third-order valence-corrected chi connectivity index (χ3v) is 3.68. The highest BCUT2D eigenvalue weighted by Gasteiger charge is 2.28. The quantitative estimate of drug-likeness (QED) is 0.491. The van der Waals surface area contributed by atoms with Gasteiger partial charge in [-0.1, -0.05) is 31.9 Å². The van der Waals surface area contributed by atoms with Gasteiger partial charge >= 0.3 is 5.97 Å². The molecule has 1 amide bonds. The Balaban J connectivity index is 3.00. The van der Waals surface area contributed by atoms with E-state index in [0.717, 1.165) is 6.07 Å². The van der Waals surface area contributed by atoms with Crippen molar-refractivity contribution in [3.8, 4) is 0 Å². The molecular weight excluding hydrogens is 312 g/mol. The molecule has 0 radical (unpaired) electrons. The van der Waals surface area contributed by atoms with Crippen LogP contribution in [0.4, 0.5) is 5.69 Å². The fourth-order valence-corrected chi connectivity index (χ4v) is 2.08. The lowest BCUT2D eigenvalue weighted by molar-refractivity contribution is -0.384. The maximum absolute atomic E-state index is 12.2. The minimum absolute atomic E-state index is 0.0560. The van der Waals surface area contributed by atoms with Crippen molar-refractivity contribution in [2.75, 3.05) is 7.11 Å². The molecule has 1 aromatic carbocycles. The third kappa shape index (κ3) is 4.17. The summed E-state index contributed by atoms with van der Waals surface area (Å²) in [4.78, 5) is 34.0. The number of nitrogens with one attached hydrogen (secondary N) is 1. The van der Waals surface area contributed by atoms with Gasteiger partial charge < -0.3 is 10.1 Å². The number of hydrogen-bond donors (Lipinski definition) is 1. The van der Waals surface area contributed by atoms with E-state index in [1.165, 1.54) is 19.2 Å².